The molecule has 3 aromatic rings. The Labute approximate surface area is 132 Å². The molecular formula is C16H14N2O4S. The van der Waals surface area contributed by atoms with Gasteiger partial charge in [0, 0.05) is 28.5 Å². The van der Waals surface area contributed by atoms with Crippen LogP contribution in [0.3, 0.4) is 0 Å². The van der Waals surface area contributed by atoms with E-state index in [4.69, 9.17) is 10.3 Å². The van der Waals surface area contributed by atoms with Gasteiger partial charge in [-0.2, -0.15) is 8.42 Å². The van der Waals surface area contributed by atoms with Gasteiger partial charge in [0.1, 0.15) is 5.75 Å². The fraction of sp³-hybridized carbons (Fsp3) is 0. The lowest BCUT2D eigenvalue weighted by molar-refractivity contribution is 0.471. The van der Waals surface area contributed by atoms with Crippen LogP contribution in [-0.4, -0.2) is 18.1 Å². The predicted molar refractivity (Wildman–Crippen MR) is 89.6 cm³/mol. The average molecular weight is 330 g/mol. The second-order valence-electron chi connectivity index (χ2n) is 5.10. The van der Waals surface area contributed by atoms with E-state index in [1.54, 1.807) is 30.3 Å². The first-order chi connectivity index (χ1) is 10.8. The van der Waals surface area contributed by atoms with Crippen molar-refractivity contribution in [3.63, 3.8) is 0 Å². The van der Waals surface area contributed by atoms with Gasteiger partial charge in [0.25, 0.3) is 10.1 Å². The number of hydrogen-bond acceptors (Lipinski definition) is 5. The first kappa shape index (κ1) is 15.1. The minimum Gasteiger partial charge on any atom is -0.507 e. The molecule has 0 spiro atoms. The molecule has 0 fully saturated rings. The summed E-state index contributed by atoms with van der Waals surface area (Å²) in [6.45, 7) is 0. The van der Waals surface area contributed by atoms with Gasteiger partial charge < -0.3 is 16.2 Å². The first-order valence-corrected chi connectivity index (χ1v) is 8.14. The van der Waals surface area contributed by atoms with Crippen LogP contribution < -0.4 is 11.1 Å². The molecule has 0 radical (unpaired) electrons. The number of anilines is 3. The van der Waals surface area contributed by atoms with Crippen LogP contribution in [0, 0.1) is 0 Å². The van der Waals surface area contributed by atoms with E-state index < -0.39 is 10.1 Å². The third-order valence-electron chi connectivity index (χ3n) is 3.38. The van der Waals surface area contributed by atoms with Gasteiger partial charge in [-0.05, 0) is 41.8 Å². The number of nitrogens with two attached hydrogens (primary N) is 1. The third-order valence-corrected chi connectivity index (χ3v) is 4.21. The lowest BCUT2D eigenvalue weighted by Gasteiger charge is -2.10. The van der Waals surface area contributed by atoms with Gasteiger partial charge in [0.05, 0.1) is 4.90 Å². The van der Waals surface area contributed by atoms with Gasteiger partial charge in [0.2, 0.25) is 0 Å². The van der Waals surface area contributed by atoms with Crippen LogP contribution in [0.25, 0.3) is 10.8 Å². The van der Waals surface area contributed by atoms with Crippen LogP contribution >= 0.6 is 0 Å². The molecule has 0 aliphatic heterocycles. The highest BCUT2D eigenvalue weighted by Crippen LogP contribution is 2.31. The number of hydrogen-bond donors (Lipinski definition) is 4. The van der Waals surface area contributed by atoms with Crippen molar-refractivity contribution in [2.45, 2.75) is 4.90 Å². The number of rotatable bonds is 3. The second kappa shape index (κ2) is 5.45. The predicted octanol–water partition coefficient (Wildman–Crippen LogP) is 3.12. The van der Waals surface area contributed by atoms with E-state index in [0.29, 0.717) is 22.1 Å². The minimum absolute atomic E-state index is 0.230. The molecule has 7 heteroatoms. The lowest BCUT2D eigenvalue weighted by Crippen LogP contribution is -1.98. The summed E-state index contributed by atoms with van der Waals surface area (Å²) in [7, 11) is -4.37. The zero-order chi connectivity index (χ0) is 16.6. The van der Waals surface area contributed by atoms with Crippen LogP contribution in [0.4, 0.5) is 17.1 Å². The molecule has 0 bridgehead atoms. The lowest BCUT2D eigenvalue weighted by atomic mass is 10.1. The first-order valence-electron chi connectivity index (χ1n) is 6.70. The van der Waals surface area contributed by atoms with Crippen molar-refractivity contribution < 1.29 is 18.1 Å². The molecule has 118 valence electrons. The van der Waals surface area contributed by atoms with Gasteiger partial charge in [-0.1, -0.05) is 12.1 Å². The van der Waals surface area contributed by atoms with Gasteiger partial charge in [0.15, 0.2) is 0 Å². The fourth-order valence-electron chi connectivity index (χ4n) is 2.32. The molecule has 0 unspecified atom stereocenters. The molecule has 0 saturated carbocycles. The number of fused-ring (bicyclic) bond motifs is 1. The maximum atomic E-state index is 11.2. The van der Waals surface area contributed by atoms with E-state index in [1.165, 1.54) is 6.07 Å². The van der Waals surface area contributed by atoms with Gasteiger partial charge >= 0.3 is 0 Å². The van der Waals surface area contributed by atoms with Crippen molar-refractivity contribution in [2.75, 3.05) is 11.1 Å². The van der Waals surface area contributed by atoms with Crippen LogP contribution in [0.2, 0.25) is 0 Å². The quantitative estimate of drug-likeness (QED) is 0.433. The SMILES string of the molecule is Nc1cccc(Nc2ccc3cc(S(=O)(=O)O)cc(O)c3c2)c1. The van der Waals surface area contributed by atoms with Crippen molar-refractivity contribution in [2.24, 2.45) is 0 Å². The highest BCUT2D eigenvalue weighted by atomic mass is 32.2. The Morgan fingerprint density at radius 3 is 2.39 bits per heavy atom. The molecule has 6 nitrogen and oxygen atoms in total. The zero-order valence-electron chi connectivity index (χ0n) is 11.9. The second-order valence-corrected chi connectivity index (χ2v) is 6.53. The Kier molecular flexibility index (Phi) is 3.59. The molecular weight excluding hydrogens is 316 g/mol. The van der Waals surface area contributed by atoms with E-state index in [2.05, 4.69) is 5.32 Å². The van der Waals surface area contributed by atoms with Crippen molar-refractivity contribution in [3.05, 3.63) is 54.6 Å². The maximum absolute atomic E-state index is 11.2. The number of phenols is 1. The molecule has 0 saturated heterocycles. The van der Waals surface area contributed by atoms with E-state index in [-0.39, 0.29) is 10.6 Å². The van der Waals surface area contributed by atoms with Crippen LogP contribution in [0.1, 0.15) is 0 Å². The zero-order valence-corrected chi connectivity index (χ0v) is 12.7. The molecule has 3 aromatic carbocycles. The Morgan fingerprint density at radius 2 is 1.70 bits per heavy atom. The number of phenolic OH excluding ortho intramolecular Hbond substituents is 1. The summed E-state index contributed by atoms with van der Waals surface area (Å²) >= 11 is 0. The molecule has 0 heterocycles. The van der Waals surface area contributed by atoms with E-state index in [0.717, 1.165) is 11.8 Å². The van der Waals surface area contributed by atoms with E-state index in [1.807, 2.05) is 12.1 Å². The summed E-state index contributed by atoms with van der Waals surface area (Å²) in [5, 5.41) is 14.1. The molecule has 0 amide bonds. The number of nitrogens with one attached hydrogen (secondary N) is 1. The van der Waals surface area contributed by atoms with Crippen molar-refractivity contribution >= 4 is 38.0 Å². The summed E-state index contributed by atoms with van der Waals surface area (Å²) in [5.74, 6) is -0.230. The minimum atomic E-state index is -4.37. The Hall–Kier alpha value is -2.77. The molecule has 0 aliphatic carbocycles. The molecule has 3 rings (SSSR count). The van der Waals surface area contributed by atoms with Crippen LogP contribution in [0.5, 0.6) is 5.75 Å². The van der Waals surface area contributed by atoms with Crippen molar-refractivity contribution in [1.29, 1.82) is 0 Å². The van der Waals surface area contributed by atoms with E-state index in [9.17, 15) is 13.5 Å². The normalized spacial score (nSPS) is 11.5. The summed E-state index contributed by atoms with van der Waals surface area (Å²) in [6, 6.07) is 14.6. The Morgan fingerprint density at radius 1 is 0.957 bits per heavy atom. The summed E-state index contributed by atoms with van der Waals surface area (Å²) in [6.07, 6.45) is 0. The highest BCUT2D eigenvalue weighted by molar-refractivity contribution is 7.85. The number of aromatic hydroxyl groups is 1. The van der Waals surface area contributed by atoms with Gasteiger partial charge in [-0.3, -0.25) is 4.55 Å². The number of benzene rings is 3. The molecule has 0 atom stereocenters. The smallest absolute Gasteiger partial charge is 0.294 e. The topological polar surface area (TPSA) is 113 Å². The monoisotopic (exact) mass is 330 g/mol. The summed E-state index contributed by atoms with van der Waals surface area (Å²) in [5.41, 5.74) is 7.84. The molecule has 23 heavy (non-hydrogen) atoms. The van der Waals surface area contributed by atoms with Crippen LogP contribution in [-0.2, 0) is 10.1 Å². The summed E-state index contributed by atoms with van der Waals surface area (Å²) in [4.78, 5) is -0.348. The summed E-state index contributed by atoms with van der Waals surface area (Å²) < 4.78 is 31.5. The number of nitrogen functional groups attached to an aromatic ring is 1. The standard InChI is InChI=1S/C16H14N2O4S/c17-11-2-1-3-12(7-11)18-13-5-4-10-6-14(23(20,21)22)9-16(19)15(10)8-13/h1-9,18-19H,17H2,(H,20,21,22). The fourth-order valence-corrected chi connectivity index (χ4v) is 2.86. The molecule has 0 aromatic heterocycles. The van der Waals surface area contributed by atoms with Crippen LogP contribution in [0.15, 0.2) is 59.5 Å². The maximum Gasteiger partial charge on any atom is 0.294 e. The Balaban J connectivity index is 2.04. The largest absolute Gasteiger partial charge is 0.507 e. The Bertz CT molecular complexity index is 1000. The van der Waals surface area contributed by atoms with E-state index >= 15 is 0 Å². The highest BCUT2D eigenvalue weighted by Gasteiger charge is 2.13. The average Bonchev–Trinajstić information content (AvgIpc) is 2.47. The van der Waals surface area contributed by atoms with Crippen molar-refractivity contribution in [3.8, 4) is 5.75 Å². The van der Waals surface area contributed by atoms with Gasteiger partial charge in [-0.25, -0.2) is 0 Å². The molecule has 0 aliphatic rings. The van der Waals surface area contributed by atoms with Gasteiger partial charge in [-0.15, -0.1) is 0 Å². The molecule has 5 N–H and O–H groups in total. The third kappa shape index (κ3) is 3.20. The van der Waals surface area contributed by atoms with Crippen molar-refractivity contribution in [1.82, 2.24) is 0 Å².